The number of aromatic hydroxyl groups is 1. The summed E-state index contributed by atoms with van der Waals surface area (Å²) in [6, 6.07) is 6.39. The largest absolute Gasteiger partial charge is 0.507 e. The first-order chi connectivity index (χ1) is 28.1. The summed E-state index contributed by atoms with van der Waals surface area (Å²) in [6.45, 7) is 12.5. The second-order valence-electron chi connectivity index (χ2n) is 15.7. The average molecular weight is 809 g/mol. The van der Waals surface area contributed by atoms with Crippen LogP contribution in [0.25, 0.3) is 0 Å². The first-order valence-electron chi connectivity index (χ1n) is 19.6. The van der Waals surface area contributed by atoms with E-state index in [1.165, 1.54) is 0 Å². The molecule has 2 N–H and O–H groups in total. The lowest BCUT2D eigenvalue weighted by Crippen LogP contribution is -2.69. The van der Waals surface area contributed by atoms with Crippen LogP contribution >= 0.6 is 11.8 Å². The van der Waals surface area contributed by atoms with Crippen LogP contribution in [0.3, 0.4) is 0 Å². The zero-order valence-electron chi connectivity index (χ0n) is 33.4. The van der Waals surface area contributed by atoms with Crippen LogP contribution in [0.4, 0.5) is 0 Å². The number of piperazine rings is 1. The maximum absolute atomic E-state index is 14.9. The van der Waals surface area contributed by atoms with Crippen molar-refractivity contribution in [3.8, 4) is 46.3 Å². The Morgan fingerprint density at radius 2 is 1.79 bits per heavy atom. The molecule has 0 aliphatic carbocycles. The molecule has 0 aromatic heterocycles. The Morgan fingerprint density at radius 3 is 2.53 bits per heavy atom. The van der Waals surface area contributed by atoms with Gasteiger partial charge in [-0.3, -0.25) is 15.1 Å². The number of aryl methyl sites for hydroxylation is 1. The van der Waals surface area contributed by atoms with Crippen LogP contribution in [-0.2, 0) is 27.9 Å². The number of nitrogens with one attached hydrogen (secondary N) is 1. The summed E-state index contributed by atoms with van der Waals surface area (Å²) in [5, 5.41) is 26.7. The molecule has 7 atom stereocenters. The number of hydrogen-bond acceptors (Lipinski definition) is 14. The van der Waals surface area contributed by atoms with Gasteiger partial charge in [-0.15, -0.1) is 11.8 Å². The van der Waals surface area contributed by atoms with E-state index in [0.29, 0.717) is 77.2 Å². The number of esters is 1. The number of ether oxygens (including phenoxy) is 7. The molecule has 304 valence electrons. The van der Waals surface area contributed by atoms with Crippen molar-refractivity contribution in [3.05, 3.63) is 88.0 Å². The summed E-state index contributed by atoms with van der Waals surface area (Å²) in [5.74, 6) is 3.20. The SMILES string of the molecule is C=CCOc1cc2c(cc1OC)[C@@]1(CS[C@@H]3c4c(O)c(C)c5c(c4[C@@H](COC1=O)N1C3[C@H]3c4c(cc(C)c(OC)c4OCC=C)C[C@@H]([C@@H]1C#N)N3C)OCO5)NCC2. The Balaban J connectivity index is 1.29. The molecule has 58 heavy (non-hydrogen) atoms. The van der Waals surface area contributed by atoms with Gasteiger partial charge < -0.3 is 38.3 Å². The smallest absolute Gasteiger partial charge is 0.331 e. The maximum Gasteiger partial charge on any atom is 0.331 e. The Hall–Kier alpha value is -5.07. The summed E-state index contributed by atoms with van der Waals surface area (Å²) in [4.78, 5) is 19.5. The van der Waals surface area contributed by atoms with E-state index in [2.05, 4.69) is 47.5 Å². The van der Waals surface area contributed by atoms with Gasteiger partial charge in [0.05, 0.1) is 37.6 Å². The van der Waals surface area contributed by atoms with Crippen LogP contribution in [0.1, 0.15) is 61.8 Å². The molecule has 7 aliphatic heterocycles. The molecular weight excluding hydrogens is 761 g/mol. The van der Waals surface area contributed by atoms with Crippen molar-refractivity contribution in [1.82, 2.24) is 15.1 Å². The molecule has 1 unspecified atom stereocenters. The molecule has 10 rings (SSSR count). The molecule has 3 aromatic carbocycles. The molecule has 14 heteroatoms. The minimum Gasteiger partial charge on any atom is -0.507 e. The van der Waals surface area contributed by atoms with Crippen LogP contribution in [0.15, 0.2) is 43.5 Å². The number of nitrogens with zero attached hydrogens (tertiary/aromatic N) is 3. The van der Waals surface area contributed by atoms with E-state index >= 15 is 0 Å². The summed E-state index contributed by atoms with van der Waals surface area (Å²) in [7, 11) is 5.30. The first-order valence-corrected chi connectivity index (χ1v) is 20.7. The van der Waals surface area contributed by atoms with E-state index < -0.39 is 34.9 Å². The number of phenols is 1. The van der Waals surface area contributed by atoms with Crippen molar-refractivity contribution in [2.75, 3.05) is 60.2 Å². The molecule has 7 aliphatic rings. The number of carbonyl (C=O) groups is 1. The third-order valence-corrected chi connectivity index (χ3v) is 14.4. The normalized spacial score (nSPS) is 27.9. The fourth-order valence-corrected chi connectivity index (χ4v) is 12.1. The van der Waals surface area contributed by atoms with Gasteiger partial charge in [0.25, 0.3) is 0 Å². The van der Waals surface area contributed by atoms with Crippen LogP contribution in [0, 0.1) is 25.2 Å². The molecule has 1 spiro atoms. The van der Waals surface area contributed by atoms with E-state index in [-0.39, 0.29) is 43.6 Å². The van der Waals surface area contributed by atoms with Gasteiger partial charge >= 0.3 is 5.97 Å². The van der Waals surface area contributed by atoms with E-state index in [1.807, 2.05) is 26.0 Å². The summed E-state index contributed by atoms with van der Waals surface area (Å²) < 4.78 is 43.1. The highest BCUT2D eigenvalue weighted by Gasteiger charge is 2.61. The third-order valence-electron chi connectivity index (χ3n) is 12.9. The molecule has 2 saturated heterocycles. The predicted molar refractivity (Wildman–Crippen MR) is 216 cm³/mol. The van der Waals surface area contributed by atoms with Crippen molar-refractivity contribution < 1.29 is 43.1 Å². The molecule has 0 amide bonds. The standard InChI is InChI=1S/C44H48N4O9S/c1-8-12-53-31-16-24-10-11-46-44(26(24)17-30(31)51-6)20-58-42-34-33(41-39(56-21-57-41)23(4)37(34)49)29(19-55-43(44)50)48-28(18-45)27-15-25-14-22(3)38(52-7)40(54-13-9-2)32(25)35(36(42)48)47(27)5/h8-9,14,16-17,27-29,35-36,42,46,49H,1-2,10-13,15,19-21H2,3-7H3/t27-,28-,29+,35+,36?,42+,44+/m0/s1. The van der Waals surface area contributed by atoms with Gasteiger partial charge in [0, 0.05) is 46.6 Å². The van der Waals surface area contributed by atoms with E-state index in [0.717, 1.165) is 27.8 Å². The molecule has 3 aromatic rings. The zero-order chi connectivity index (χ0) is 40.6. The first kappa shape index (κ1) is 38.4. The van der Waals surface area contributed by atoms with Gasteiger partial charge in [0.1, 0.15) is 31.6 Å². The number of carbonyl (C=O) groups excluding carboxylic acids is 1. The Kier molecular flexibility index (Phi) is 9.70. The summed E-state index contributed by atoms with van der Waals surface area (Å²) in [5.41, 5.74) is 5.35. The van der Waals surface area contributed by atoms with E-state index in [4.69, 9.17) is 33.2 Å². The zero-order valence-corrected chi connectivity index (χ0v) is 34.2. The van der Waals surface area contributed by atoms with E-state index in [1.54, 1.807) is 38.1 Å². The summed E-state index contributed by atoms with van der Waals surface area (Å²) in [6.07, 6.45) is 4.63. The number of thioether (sulfide) groups is 1. The van der Waals surface area contributed by atoms with Gasteiger partial charge in [0.15, 0.2) is 40.0 Å². The lowest BCUT2D eigenvalue weighted by Gasteiger charge is -2.62. The van der Waals surface area contributed by atoms with Crippen LogP contribution in [-0.4, -0.2) is 99.2 Å². The summed E-state index contributed by atoms with van der Waals surface area (Å²) >= 11 is 1.56. The van der Waals surface area contributed by atoms with Crippen LogP contribution in [0.2, 0.25) is 0 Å². The minimum absolute atomic E-state index is 0.0177. The fraction of sp³-hybridized carbons (Fsp3) is 0.455. The molecule has 0 radical (unpaired) electrons. The van der Waals surface area contributed by atoms with Gasteiger partial charge in [0.2, 0.25) is 6.79 Å². The Bertz CT molecular complexity index is 2280. The topological polar surface area (TPSA) is 144 Å². The minimum atomic E-state index is -1.28. The second kappa shape index (κ2) is 14.6. The number of fused-ring (bicyclic) bond motifs is 9. The van der Waals surface area contributed by atoms with Gasteiger partial charge in [-0.2, -0.15) is 5.26 Å². The van der Waals surface area contributed by atoms with Crippen LogP contribution < -0.4 is 33.7 Å². The highest BCUT2D eigenvalue weighted by Crippen LogP contribution is 2.64. The predicted octanol–water partition coefficient (Wildman–Crippen LogP) is 5.49. The van der Waals surface area contributed by atoms with Crippen molar-refractivity contribution >= 4 is 17.7 Å². The lowest BCUT2D eigenvalue weighted by atomic mass is 9.71. The molecule has 4 bridgehead atoms. The van der Waals surface area contributed by atoms with Gasteiger partial charge in [-0.25, -0.2) is 4.79 Å². The van der Waals surface area contributed by atoms with E-state index in [9.17, 15) is 15.2 Å². The van der Waals surface area contributed by atoms with Crippen molar-refractivity contribution in [3.63, 3.8) is 0 Å². The lowest BCUT2D eigenvalue weighted by molar-refractivity contribution is -0.157. The average Bonchev–Trinajstić information content (AvgIpc) is 3.72. The highest BCUT2D eigenvalue weighted by atomic mass is 32.2. The number of methoxy groups -OCH3 is 2. The number of phenolic OH excluding ortho intramolecular Hbond substituents is 1. The number of hydrogen-bond donors (Lipinski definition) is 2. The van der Waals surface area contributed by atoms with Crippen molar-refractivity contribution in [1.29, 1.82) is 5.26 Å². The van der Waals surface area contributed by atoms with Gasteiger partial charge in [-0.1, -0.05) is 31.4 Å². The van der Waals surface area contributed by atoms with Gasteiger partial charge in [-0.05, 0) is 68.1 Å². The maximum atomic E-state index is 14.9. The number of nitriles is 1. The fourth-order valence-electron chi connectivity index (χ4n) is 10.4. The molecule has 7 heterocycles. The quantitative estimate of drug-likeness (QED) is 0.219. The van der Waals surface area contributed by atoms with Crippen LogP contribution in [0.5, 0.6) is 40.2 Å². The van der Waals surface area contributed by atoms with Crippen molar-refractivity contribution in [2.45, 2.75) is 67.7 Å². The highest BCUT2D eigenvalue weighted by molar-refractivity contribution is 7.99. The Labute approximate surface area is 342 Å². The Morgan fingerprint density at radius 1 is 1.02 bits per heavy atom. The number of benzene rings is 3. The number of rotatable bonds is 8. The molecular formula is C44H48N4O9S. The molecule has 13 nitrogen and oxygen atoms in total. The number of likely N-dealkylation sites (N-methyl/N-ethyl adjacent to an activating group) is 1. The molecule has 0 saturated carbocycles. The third kappa shape index (κ3) is 5.43. The monoisotopic (exact) mass is 808 g/mol. The van der Waals surface area contributed by atoms with Crippen molar-refractivity contribution in [2.24, 2.45) is 0 Å². The second-order valence-corrected chi connectivity index (χ2v) is 16.8. The molecule has 2 fully saturated rings.